The maximum Gasteiger partial charge on any atom is 0.231 e. The lowest BCUT2D eigenvalue weighted by atomic mass is 10.3. The van der Waals surface area contributed by atoms with Crippen LogP contribution in [0.2, 0.25) is 0 Å². The van der Waals surface area contributed by atoms with Gasteiger partial charge in [0.15, 0.2) is 17.5 Å². The number of rotatable bonds is 1. The van der Waals surface area contributed by atoms with Gasteiger partial charge in [0.05, 0.1) is 0 Å². The fourth-order valence-corrected chi connectivity index (χ4v) is 1.32. The summed E-state index contributed by atoms with van der Waals surface area (Å²) >= 11 is 0. The molecule has 0 saturated heterocycles. The van der Waals surface area contributed by atoms with E-state index in [1.54, 1.807) is 18.2 Å². The Labute approximate surface area is 98.1 Å². The number of ether oxygens (including phenoxy) is 2. The van der Waals surface area contributed by atoms with E-state index in [9.17, 15) is 0 Å². The fraction of sp³-hybridized carbons (Fsp3) is 0.200. The molecule has 0 aliphatic carbocycles. The van der Waals surface area contributed by atoms with Crippen LogP contribution >= 0.6 is 0 Å². The highest BCUT2D eigenvalue weighted by atomic mass is 16.7. The highest BCUT2D eigenvalue weighted by molar-refractivity contribution is 6.02. The number of benzene rings is 1. The van der Waals surface area contributed by atoms with Crippen molar-refractivity contribution in [2.24, 2.45) is 5.73 Å². The molecule has 17 heavy (non-hydrogen) atoms. The van der Waals surface area contributed by atoms with E-state index < -0.39 is 0 Å². The summed E-state index contributed by atoms with van der Waals surface area (Å²) in [5.41, 5.74) is 5.94. The van der Waals surface area contributed by atoms with Crippen LogP contribution < -0.4 is 20.5 Å². The van der Waals surface area contributed by atoms with Gasteiger partial charge < -0.3 is 20.5 Å². The van der Waals surface area contributed by atoms with E-state index in [1.807, 2.05) is 0 Å². The molecule has 7 heteroatoms. The Morgan fingerprint density at radius 3 is 2.76 bits per heavy atom. The molecule has 1 aromatic carbocycles. The zero-order valence-electron chi connectivity index (χ0n) is 9.28. The normalized spacial score (nSPS) is 12.1. The van der Waals surface area contributed by atoms with Crippen LogP contribution in [0.15, 0.2) is 18.2 Å². The summed E-state index contributed by atoms with van der Waals surface area (Å²) in [7, 11) is 1.53. The standard InChI is InChI=1S/C10H13N5O2/c1-15(9(11)12)10(13)14-6-2-3-7-8(4-6)17-5-16-7/h2-4H,5H2,1H3,(H3,11,12)(H2,13,14). The SMILES string of the molecule is CN(C(=N)N)C(=N)Nc1ccc2c(c1)OCO2. The minimum absolute atomic E-state index is 0.0105. The molecule has 1 aromatic rings. The van der Waals surface area contributed by atoms with Crippen molar-refractivity contribution in [3.8, 4) is 11.5 Å². The van der Waals surface area contributed by atoms with Crippen LogP contribution in [0, 0.1) is 10.8 Å². The lowest BCUT2D eigenvalue weighted by Gasteiger charge is -2.18. The Balaban J connectivity index is 2.09. The number of nitrogens with two attached hydrogens (primary N) is 1. The molecule has 0 unspecified atom stereocenters. The summed E-state index contributed by atoms with van der Waals surface area (Å²) in [5, 5.41) is 17.7. The summed E-state index contributed by atoms with van der Waals surface area (Å²) in [4.78, 5) is 1.21. The molecule has 0 amide bonds. The first kappa shape index (κ1) is 11.1. The number of hydrogen-bond donors (Lipinski definition) is 4. The molecule has 1 aliphatic heterocycles. The molecule has 0 atom stereocenters. The minimum atomic E-state index is -0.205. The van der Waals surface area contributed by atoms with Crippen molar-refractivity contribution in [2.75, 3.05) is 19.2 Å². The average Bonchev–Trinajstić information content (AvgIpc) is 2.74. The van der Waals surface area contributed by atoms with E-state index in [2.05, 4.69) is 5.32 Å². The molecule has 0 spiro atoms. The molecule has 0 bridgehead atoms. The summed E-state index contributed by atoms with van der Waals surface area (Å²) < 4.78 is 10.4. The van der Waals surface area contributed by atoms with Crippen LogP contribution in [0.3, 0.4) is 0 Å². The number of fused-ring (bicyclic) bond motifs is 1. The van der Waals surface area contributed by atoms with Gasteiger partial charge in [-0.3, -0.25) is 15.7 Å². The van der Waals surface area contributed by atoms with Gasteiger partial charge in [0.1, 0.15) is 0 Å². The molecule has 0 radical (unpaired) electrons. The first-order chi connectivity index (χ1) is 8.08. The maximum absolute atomic E-state index is 7.68. The second kappa shape index (κ2) is 4.20. The monoisotopic (exact) mass is 235 g/mol. The lowest BCUT2D eigenvalue weighted by Crippen LogP contribution is -2.41. The molecule has 2 rings (SSSR count). The zero-order valence-corrected chi connectivity index (χ0v) is 9.28. The van der Waals surface area contributed by atoms with Crippen LogP contribution in [-0.4, -0.2) is 30.7 Å². The van der Waals surface area contributed by atoms with E-state index in [1.165, 1.54) is 11.9 Å². The quantitative estimate of drug-likeness (QED) is 0.421. The highest BCUT2D eigenvalue weighted by Crippen LogP contribution is 2.34. The topological polar surface area (TPSA) is 107 Å². The van der Waals surface area contributed by atoms with E-state index in [4.69, 9.17) is 26.0 Å². The number of nitrogens with one attached hydrogen (secondary N) is 3. The number of guanidine groups is 2. The molecular weight excluding hydrogens is 222 g/mol. The van der Waals surface area contributed by atoms with Crippen molar-refractivity contribution in [1.29, 1.82) is 10.8 Å². The van der Waals surface area contributed by atoms with Gasteiger partial charge in [-0.25, -0.2) is 0 Å². The predicted molar refractivity (Wildman–Crippen MR) is 63.6 cm³/mol. The van der Waals surface area contributed by atoms with Gasteiger partial charge in [-0.15, -0.1) is 0 Å². The van der Waals surface area contributed by atoms with Crippen molar-refractivity contribution in [3.63, 3.8) is 0 Å². The van der Waals surface area contributed by atoms with E-state index in [0.29, 0.717) is 17.2 Å². The lowest BCUT2D eigenvalue weighted by molar-refractivity contribution is 0.174. The van der Waals surface area contributed by atoms with Crippen LogP contribution in [0.25, 0.3) is 0 Å². The Bertz CT molecular complexity index is 474. The average molecular weight is 235 g/mol. The molecule has 1 aliphatic rings. The second-order valence-corrected chi connectivity index (χ2v) is 3.49. The molecule has 0 aromatic heterocycles. The maximum atomic E-state index is 7.68. The highest BCUT2D eigenvalue weighted by Gasteiger charge is 2.14. The third kappa shape index (κ3) is 2.22. The van der Waals surface area contributed by atoms with Gasteiger partial charge in [-0.1, -0.05) is 0 Å². The van der Waals surface area contributed by atoms with Gasteiger partial charge in [0.2, 0.25) is 12.8 Å². The van der Waals surface area contributed by atoms with E-state index in [0.717, 1.165) is 0 Å². The second-order valence-electron chi connectivity index (χ2n) is 3.49. The molecular formula is C10H13N5O2. The fourth-order valence-electron chi connectivity index (χ4n) is 1.32. The van der Waals surface area contributed by atoms with E-state index >= 15 is 0 Å². The minimum Gasteiger partial charge on any atom is -0.454 e. The number of hydrogen-bond acceptors (Lipinski definition) is 4. The summed E-state index contributed by atoms with van der Waals surface area (Å²) in [5.74, 6) is 1.12. The molecule has 5 N–H and O–H groups in total. The van der Waals surface area contributed by atoms with Gasteiger partial charge in [-0.2, -0.15) is 0 Å². The Hall–Kier alpha value is -2.44. The van der Waals surface area contributed by atoms with Crippen molar-refractivity contribution in [1.82, 2.24) is 4.90 Å². The molecule has 0 saturated carbocycles. The van der Waals surface area contributed by atoms with Crippen molar-refractivity contribution >= 4 is 17.6 Å². The smallest absolute Gasteiger partial charge is 0.231 e. The van der Waals surface area contributed by atoms with Crippen LogP contribution in [0.4, 0.5) is 5.69 Å². The first-order valence-electron chi connectivity index (χ1n) is 4.91. The number of nitrogens with zero attached hydrogens (tertiary/aromatic N) is 1. The molecule has 90 valence electrons. The Morgan fingerprint density at radius 2 is 2.06 bits per heavy atom. The van der Waals surface area contributed by atoms with Gasteiger partial charge >= 0.3 is 0 Å². The van der Waals surface area contributed by atoms with Gasteiger partial charge in [-0.05, 0) is 12.1 Å². The third-order valence-electron chi connectivity index (χ3n) is 2.33. The molecule has 7 nitrogen and oxygen atoms in total. The van der Waals surface area contributed by atoms with Crippen molar-refractivity contribution < 1.29 is 9.47 Å². The van der Waals surface area contributed by atoms with Crippen molar-refractivity contribution in [3.05, 3.63) is 18.2 Å². The Morgan fingerprint density at radius 1 is 1.35 bits per heavy atom. The van der Waals surface area contributed by atoms with Gasteiger partial charge in [0.25, 0.3) is 0 Å². The number of anilines is 1. The van der Waals surface area contributed by atoms with Crippen molar-refractivity contribution in [2.45, 2.75) is 0 Å². The van der Waals surface area contributed by atoms with Gasteiger partial charge in [0, 0.05) is 18.8 Å². The summed E-state index contributed by atoms with van der Waals surface area (Å²) in [6.07, 6.45) is 0. The largest absolute Gasteiger partial charge is 0.454 e. The molecule has 0 fully saturated rings. The zero-order chi connectivity index (χ0) is 12.4. The molecule has 1 heterocycles. The first-order valence-corrected chi connectivity index (χ1v) is 4.91. The van der Waals surface area contributed by atoms with Crippen LogP contribution in [-0.2, 0) is 0 Å². The van der Waals surface area contributed by atoms with E-state index in [-0.39, 0.29) is 18.7 Å². The van der Waals surface area contributed by atoms with Crippen LogP contribution in [0.1, 0.15) is 0 Å². The third-order valence-corrected chi connectivity index (χ3v) is 2.33. The van der Waals surface area contributed by atoms with Crippen LogP contribution in [0.5, 0.6) is 11.5 Å². The summed E-state index contributed by atoms with van der Waals surface area (Å²) in [6.45, 7) is 0.212. The summed E-state index contributed by atoms with van der Waals surface area (Å²) in [6, 6.07) is 5.24. The Kier molecular flexibility index (Phi) is 2.73. The predicted octanol–water partition coefficient (Wildman–Crippen LogP) is 0.587.